The summed E-state index contributed by atoms with van der Waals surface area (Å²) >= 11 is 5.96. The fourth-order valence-corrected chi connectivity index (χ4v) is 2.59. The Labute approximate surface area is 137 Å². The van der Waals surface area contributed by atoms with Gasteiger partial charge in [0.25, 0.3) is 0 Å². The molecule has 0 aliphatic carbocycles. The fraction of sp³-hybridized carbons (Fsp3) is 0.529. The molecule has 5 heteroatoms. The van der Waals surface area contributed by atoms with Crippen LogP contribution in [0.2, 0.25) is 5.02 Å². The largest absolute Gasteiger partial charge is 0.481 e. The fourth-order valence-electron chi connectivity index (χ4n) is 2.38. The lowest BCUT2D eigenvalue weighted by molar-refractivity contribution is -0.139. The van der Waals surface area contributed by atoms with E-state index in [0.29, 0.717) is 23.9 Å². The highest BCUT2D eigenvalue weighted by atomic mass is 35.5. The van der Waals surface area contributed by atoms with E-state index in [1.165, 1.54) is 0 Å². The Morgan fingerprint density at radius 2 is 1.95 bits per heavy atom. The number of hydrogen-bond donors (Lipinski definition) is 1. The molecule has 0 heterocycles. The Morgan fingerprint density at radius 3 is 2.50 bits per heavy atom. The summed E-state index contributed by atoms with van der Waals surface area (Å²) in [5, 5.41) is 9.48. The molecule has 1 atom stereocenters. The molecular weight excluding hydrogens is 302 g/mol. The molecule has 0 spiro atoms. The van der Waals surface area contributed by atoms with Gasteiger partial charge in [-0.1, -0.05) is 44.5 Å². The number of aliphatic carboxylic acids is 1. The molecule has 0 aromatic heterocycles. The molecule has 0 aliphatic heterocycles. The van der Waals surface area contributed by atoms with Crippen LogP contribution in [0.5, 0.6) is 0 Å². The molecule has 0 radical (unpaired) electrons. The Hall–Kier alpha value is -1.55. The number of carbonyl (C=O) groups is 2. The third-order valence-electron chi connectivity index (χ3n) is 3.35. The summed E-state index contributed by atoms with van der Waals surface area (Å²) in [6.45, 7) is 6.74. The average Bonchev–Trinajstić information content (AvgIpc) is 2.42. The van der Waals surface area contributed by atoms with E-state index in [1.807, 2.05) is 39.0 Å². The van der Waals surface area contributed by atoms with Crippen LogP contribution in [0.25, 0.3) is 0 Å². The van der Waals surface area contributed by atoms with Crippen LogP contribution in [-0.4, -0.2) is 35.0 Å². The lowest BCUT2D eigenvalue weighted by atomic mass is 9.99. The Balaban J connectivity index is 2.71. The van der Waals surface area contributed by atoms with Crippen molar-refractivity contribution >= 4 is 23.5 Å². The third kappa shape index (κ3) is 6.48. The maximum absolute atomic E-state index is 12.6. The Kier molecular flexibility index (Phi) is 7.39. The van der Waals surface area contributed by atoms with Gasteiger partial charge in [-0.3, -0.25) is 9.59 Å². The molecule has 1 rings (SSSR count). The predicted molar refractivity (Wildman–Crippen MR) is 88.0 cm³/mol. The van der Waals surface area contributed by atoms with Gasteiger partial charge in [-0.25, -0.2) is 0 Å². The van der Waals surface area contributed by atoms with Crippen LogP contribution >= 0.6 is 11.6 Å². The minimum Gasteiger partial charge on any atom is -0.481 e. The van der Waals surface area contributed by atoms with Crippen molar-refractivity contribution in [1.82, 2.24) is 4.90 Å². The Bertz CT molecular complexity index is 516. The topological polar surface area (TPSA) is 57.6 Å². The lowest BCUT2D eigenvalue weighted by Gasteiger charge is -2.27. The van der Waals surface area contributed by atoms with Crippen molar-refractivity contribution in [3.05, 3.63) is 34.9 Å². The van der Waals surface area contributed by atoms with Gasteiger partial charge < -0.3 is 10.0 Å². The zero-order valence-corrected chi connectivity index (χ0v) is 14.1. The molecule has 0 aliphatic rings. The van der Waals surface area contributed by atoms with Crippen LogP contribution in [0.15, 0.2) is 24.3 Å². The van der Waals surface area contributed by atoms with Crippen molar-refractivity contribution in [2.24, 2.45) is 11.8 Å². The van der Waals surface area contributed by atoms with Crippen LogP contribution in [0.3, 0.4) is 0 Å². The number of carbonyl (C=O) groups excluding carboxylic acids is 1. The standard InChI is InChI=1S/C17H24ClNO3/c1-12(2)11-19(8-7-16(20)21)17(22)13(3)9-14-5-4-6-15(18)10-14/h4-6,10,12-13H,7-9,11H2,1-3H3,(H,20,21). The lowest BCUT2D eigenvalue weighted by Crippen LogP contribution is -2.39. The van der Waals surface area contributed by atoms with Crippen molar-refractivity contribution < 1.29 is 14.7 Å². The number of benzene rings is 1. The minimum atomic E-state index is -0.885. The van der Waals surface area contributed by atoms with Gasteiger partial charge in [0.05, 0.1) is 6.42 Å². The van der Waals surface area contributed by atoms with E-state index >= 15 is 0 Å². The van der Waals surface area contributed by atoms with Crippen molar-refractivity contribution in [2.45, 2.75) is 33.6 Å². The highest BCUT2D eigenvalue weighted by Gasteiger charge is 2.22. The van der Waals surface area contributed by atoms with Crippen molar-refractivity contribution in [3.63, 3.8) is 0 Å². The Morgan fingerprint density at radius 1 is 1.27 bits per heavy atom. The smallest absolute Gasteiger partial charge is 0.305 e. The first kappa shape index (κ1) is 18.5. The number of carboxylic acid groups (broad SMARTS) is 1. The van der Waals surface area contributed by atoms with Crippen LogP contribution in [0.1, 0.15) is 32.8 Å². The quantitative estimate of drug-likeness (QED) is 0.796. The highest BCUT2D eigenvalue weighted by molar-refractivity contribution is 6.30. The molecule has 122 valence electrons. The molecule has 0 saturated carbocycles. The molecule has 22 heavy (non-hydrogen) atoms. The number of carboxylic acids is 1. The van der Waals surface area contributed by atoms with Gasteiger partial charge >= 0.3 is 5.97 Å². The number of rotatable bonds is 8. The van der Waals surface area contributed by atoms with Gasteiger partial charge in [-0.2, -0.15) is 0 Å². The number of amides is 1. The van der Waals surface area contributed by atoms with Crippen molar-refractivity contribution in [3.8, 4) is 0 Å². The van der Waals surface area contributed by atoms with Gasteiger partial charge in [0.2, 0.25) is 5.91 Å². The molecule has 1 aromatic rings. The first-order valence-corrected chi connectivity index (χ1v) is 7.92. The second-order valence-electron chi connectivity index (χ2n) is 6.06. The number of nitrogens with zero attached hydrogens (tertiary/aromatic N) is 1. The van der Waals surface area contributed by atoms with Crippen LogP contribution in [-0.2, 0) is 16.0 Å². The number of halogens is 1. The second kappa shape index (κ2) is 8.79. The van der Waals surface area contributed by atoms with E-state index < -0.39 is 5.97 Å². The molecule has 4 nitrogen and oxygen atoms in total. The van der Waals surface area contributed by atoms with Crippen molar-refractivity contribution in [1.29, 1.82) is 0 Å². The summed E-state index contributed by atoms with van der Waals surface area (Å²) < 4.78 is 0. The maximum atomic E-state index is 12.6. The molecule has 1 N–H and O–H groups in total. The minimum absolute atomic E-state index is 0.00470. The van der Waals surface area contributed by atoms with Gasteiger partial charge in [0, 0.05) is 24.0 Å². The van der Waals surface area contributed by atoms with E-state index in [1.54, 1.807) is 11.0 Å². The van der Waals surface area contributed by atoms with E-state index in [-0.39, 0.29) is 24.8 Å². The van der Waals surface area contributed by atoms with Gasteiger partial charge in [0.15, 0.2) is 0 Å². The van der Waals surface area contributed by atoms with Crippen LogP contribution in [0.4, 0.5) is 0 Å². The summed E-state index contributed by atoms with van der Waals surface area (Å²) in [6, 6.07) is 7.47. The monoisotopic (exact) mass is 325 g/mol. The summed E-state index contributed by atoms with van der Waals surface area (Å²) in [5.41, 5.74) is 1.01. The van der Waals surface area contributed by atoms with E-state index in [0.717, 1.165) is 5.56 Å². The van der Waals surface area contributed by atoms with Gasteiger partial charge in [-0.15, -0.1) is 0 Å². The van der Waals surface area contributed by atoms with E-state index in [9.17, 15) is 9.59 Å². The molecule has 0 bridgehead atoms. The first-order valence-electron chi connectivity index (χ1n) is 7.54. The predicted octanol–water partition coefficient (Wildman–Crippen LogP) is 3.48. The van der Waals surface area contributed by atoms with E-state index in [4.69, 9.17) is 16.7 Å². The maximum Gasteiger partial charge on any atom is 0.305 e. The zero-order valence-electron chi connectivity index (χ0n) is 13.4. The van der Waals surface area contributed by atoms with Gasteiger partial charge in [0.1, 0.15) is 0 Å². The normalized spacial score (nSPS) is 12.2. The summed E-state index contributed by atoms with van der Waals surface area (Å²) in [4.78, 5) is 25.0. The molecule has 0 fully saturated rings. The third-order valence-corrected chi connectivity index (χ3v) is 3.58. The average molecular weight is 326 g/mol. The first-order chi connectivity index (χ1) is 10.3. The molecule has 1 amide bonds. The SMILES string of the molecule is CC(C)CN(CCC(=O)O)C(=O)C(C)Cc1cccc(Cl)c1. The number of hydrogen-bond acceptors (Lipinski definition) is 2. The molecule has 1 unspecified atom stereocenters. The molecule has 1 aromatic carbocycles. The molecule has 0 saturated heterocycles. The second-order valence-corrected chi connectivity index (χ2v) is 6.49. The van der Waals surface area contributed by atoms with Crippen molar-refractivity contribution in [2.75, 3.05) is 13.1 Å². The van der Waals surface area contributed by atoms with Crippen LogP contribution < -0.4 is 0 Å². The summed E-state index contributed by atoms with van der Waals surface area (Å²) in [6.07, 6.45) is 0.573. The zero-order chi connectivity index (χ0) is 16.7. The molecular formula is C17H24ClNO3. The summed E-state index contributed by atoms with van der Waals surface area (Å²) in [5.74, 6) is -0.791. The van der Waals surface area contributed by atoms with Crippen LogP contribution in [0, 0.1) is 11.8 Å². The van der Waals surface area contributed by atoms with Gasteiger partial charge in [-0.05, 0) is 30.0 Å². The van der Waals surface area contributed by atoms with E-state index in [2.05, 4.69) is 0 Å². The summed E-state index contributed by atoms with van der Waals surface area (Å²) in [7, 11) is 0. The highest BCUT2D eigenvalue weighted by Crippen LogP contribution is 2.16.